The van der Waals surface area contributed by atoms with Gasteiger partial charge in [-0.1, -0.05) is 6.92 Å². The molecule has 0 bridgehead atoms. The average Bonchev–Trinajstić information content (AvgIpc) is 0.993. The number of rotatable bonds is 34. The first-order valence-corrected chi connectivity index (χ1v) is 30.9. The van der Waals surface area contributed by atoms with Gasteiger partial charge >= 0.3 is 6.09 Å². The van der Waals surface area contributed by atoms with E-state index in [2.05, 4.69) is 61.8 Å². The zero-order chi connectivity index (χ0) is 69.4. The monoisotopic (exact) mass is 1370 g/mol. The van der Waals surface area contributed by atoms with E-state index in [1.165, 1.54) is 50.4 Å². The molecule has 39 nitrogen and oxygen atoms in total. The minimum Gasteiger partial charge on any atom is -0.441 e. The Balaban J connectivity index is 1.28. The largest absolute Gasteiger partial charge is 0.441 e. The van der Waals surface area contributed by atoms with Crippen molar-refractivity contribution in [1.82, 2.24) is 61.8 Å². The number of nitrogens with zero attached hydrogens (tertiary/aromatic N) is 5. The van der Waals surface area contributed by atoms with E-state index in [4.69, 9.17) is 58.1 Å². The highest BCUT2D eigenvalue weighted by Crippen LogP contribution is 2.35. The number of nitrogen functional groups attached to an aromatic ring is 1. The first-order valence-electron chi connectivity index (χ1n) is 29.1. The summed E-state index contributed by atoms with van der Waals surface area (Å²) in [5, 5.41) is 108. The number of H-pyrrole nitrogens is 1. The number of carbonyl (C=O) groups is 8. The topological polar surface area (TPSA) is 653 Å². The molecule has 27 N–H and O–H groups in total. The number of hydrogen-bond donors (Lipinski definition) is 21. The molecule has 8 amide bonds. The summed E-state index contributed by atoms with van der Waals surface area (Å²) in [6, 6.07) is -7.86. The molecule has 0 spiro atoms. The summed E-state index contributed by atoms with van der Waals surface area (Å²) in [5.41, 5.74) is 33.5. The Labute approximate surface area is 542 Å². The van der Waals surface area contributed by atoms with Gasteiger partial charge in [0.15, 0.2) is 18.7 Å². The third kappa shape index (κ3) is 19.5. The summed E-state index contributed by atoms with van der Waals surface area (Å²) < 4.78 is 28.7. The Hall–Kier alpha value is -7.69. The maximum Gasteiger partial charge on any atom is 0.404 e. The Morgan fingerprint density at radius 3 is 2.10 bits per heavy atom. The minimum atomic E-state index is -2.20. The number of imidazole rings is 1. The summed E-state index contributed by atoms with van der Waals surface area (Å²) in [4.78, 5) is 130. The molecule has 2 aliphatic rings. The van der Waals surface area contributed by atoms with Crippen molar-refractivity contribution < 1.29 is 103 Å². The van der Waals surface area contributed by atoms with Gasteiger partial charge < -0.3 is 136 Å². The van der Waals surface area contributed by atoms with Crippen LogP contribution in [0.15, 0.2) is 23.3 Å². The van der Waals surface area contributed by atoms with E-state index >= 15 is 4.79 Å². The second-order valence-electron chi connectivity index (χ2n) is 21.9. The van der Waals surface area contributed by atoms with Gasteiger partial charge in [-0.2, -0.15) is 0 Å². The standard InChI is InChI=1S/C53H80N18O21S2/c1-18-31(68-44(71-42(18)57)23(10-29(56)75)63-11-22(55)43(58)81)48(85)70-33(39(24-12-60-17-64-24)90-52-41(37(79)35(77)27(13-72)89-52)91-51-38(80)40(92-53(59)87)36(78)28(14-73)88-51)49(86)65-20(3)34(76)19(2)45(82)69-32(21(4)74)47(84)62-9-6-30-66-26(16-93-30)50-67-25(15-94-50)46(83)61-8-5-7-54/h12,15-17,19-23,27-28,32-41,51-52,63,72-74,76-80H,5-11,13-14,54-55H2,1-4H3,(H2,56,75)(H2,58,81)(H2,59,87)(H,60,64)(H,61,83)(H,62,84)(H,65,86)(H,69,82)(H,70,85)(H2,57,68,71)/t19-,20-,21-,22+,23+,27-,28+,32+,33-,34-,35+,36+,37+,38-,39-,40-,41-,51-,52+/m0/s1. The number of aliphatic hydroxyl groups excluding tert-OH is 8. The van der Waals surface area contributed by atoms with Crippen molar-refractivity contribution in [2.75, 3.05) is 45.1 Å². The van der Waals surface area contributed by atoms with E-state index in [1.54, 1.807) is 10.8 Å². The van der Waals surface area contributed by atoms with E-state index in [0.717, 1.165) is 12.5 Å². The van der Waals surface area contributed by atoms with Gasteiger partial charge in [-0.3, -0.25) is 33.6 Å². The lowest BCUT2D eigenvalue weighted by Crippen LogP contribution is -2.65. The summed E-state index contributed by atoms with van der Waals surface area (Å²) in [5.74, 6) is -8.78. The second kappa shape index (κ2) is 34.6. The maximum absolute atomic E-state index is 15.2. The fourth-order valence-electron chi connectivity index (χ4n) is 9.54. The number of nitrogens with two attached hydrogens (primary N) is 6. The van der Waals surface area contributed by atoms with Crippen LogP contribution in [0.3, 0.4) is 0 Å². The number of primary amides is 3. The van der Waals surface area contributed by atoms with Gasteiger partial charge in [0.05, 0.1) is 72.7 Å². The Kier molecular flexibility index (Phi) is 27.8. The van der Waals surface area contributed by atoms with Gasteiger partial charge in [0.25, 0.3) is 11.8 Å². The molecule has 6 heterocycles. The molecule has 4 aromatic rings. The molecular weight excluding hydrogens is 1290 g/mol. The highest BCUT2D eigenvalue weighted by atomic mass is 32.1. The third-order valence-electron chi connectivity index (χ3n) is 14.9. The predicted octanol–water partition coefficient (Wildman–Crippen LogP) is -8.62. The Bertz CT molecular complexity index is 3220. The number of nitrogens with one attached hydrogen (secondary N) is 7. The number of amides is 8. The van der Waals surface area contributed by atoms with Gasteiger partial charge in [0.1, 0.15) is 94.6 Å². The zero-order valence-electron chi connectivity index (χ0n) is 51.0. The molecule has 2 fully saturated rings. The molecule has 94 heavy (non-hydrogen) atoms. The molecule has 6 rings (SSSR count). The quantitative estimate of drug-likeness (QED) is 0.0193. The van der Waals surface area contributed by atoms with Crippen LogP contribution in [0.5, 0.6) is 0 Å². The lowest BCUT2D eigenvalue weighted by Gasteiger charge is -2.47. The van der Waals surface area contributed by atoms with Crippen LogP contribution in [-0.2, 0) is 54.1 Å². The molecule has 0 saturated carbocycles. The molecule has 0 radical (unpaired) electrons. The molecule has 41 heteroatoms. The molecule has 520 valence electrons. The van der Waals surface area contributed by atoms with Gasteiger partial charge in [-0.15, -0.1) is 22.7 Å². The normalized spacial score (nSPS) is 24.2. The van der Waals surface area contributed by atoms with Crippen molar-refractivity contribution in [3.05, 3.63) is 56.8 Å². The summed E-state index contributed by atoms with van der Waals surface area (Å²) >= 11 is 2.48. The molecular formula is C53H80N18O21S2. The lowest BCUT2D eigenvalue weighted by atomic mass is 9.96. The number of carbonyl (C=O) groups excluding carboxylic acids is 8. The summed E-state index contributed by atoms with van der Waals surface area (Å²) in [6.07, 6.45) is -24.5. The first kappa shape index (κ1) is 75.3. The van der Waals surface area contributed by atoms with Gasteiger partial charge in [0.2, 0.25) is 29.5 Å². The van der Waals surface area contributed by atoms with Crippen LogP contribution in [-0.4, -0.2) is 255 Å². The Morgan fingerprint density at radius 1 is 0.777 bits per heavy atom. The van der Waals surface area contributed by atoms with Crippen molar-refractivity contribution >= 4 is 75.9 Å². The van der Waals surface area contributed by atoms with Crippen molar-refractivity contribution in [2.45, 2.75) is 157 Å². The lowest BCUT2D eigenvalue weighted by molar-refractivity contribution is -0.372. The van der Waals surface area contributed by atoms with Crippen LogP contribution >= 0.6 is 22.7 Å². The predicted molar refractivity (Wildman–Crippen MR) is 324 cm³/mol. The Morgan fingerprint density at radius 2 is 1.47 bits per heavy atom. The van der Waals surface area contributed by atoms with Crippen molar-refractivity contribution in [3.8, 4) is 10.7 Å². The van der Waals surface area contributed by atoms with Crippen molar-refractivity contribution in [2.24, 2.45) is 34.6 Å². The van der Waals surface area contributed by atoms with Crippen LogP contribution in [0.25, 0.3) is 10.7 Å². The number of ether oxygens (including phenoxy) is 5. The number of thiazole rings is 2. The van der Waals surface area contributed by atoms with Crippen LogP contribution in [0.2, 0.25) is 0 Å². The molecule has 0 aromatic carbocycles. The highest BCUT2D eigenvalue weighted by molar-refractivity contribution is 7.14. The van der Waals surface area contributed by atoms with Gasteiger partial charge in [-0.05, 0) is 33.7 Å². The second-order valence-corrected chi connectivity index (χ2v) is 23.7. The molecule has 4 aromatic heterocycles. The van der Waals surface area contributed by atoms with Crippen LogP contribution in [0, 0.1) is 12.8 Å². The summed E-state index contributed by atoms with van der Waals surface area (Å²) in [6.45, 7) is 3.41. The van der Waals surface area contributed by atoms with E-state index in [0.29, 0.717) is 35.2 Å². The van der Waals surface area contributed by atoms with Gasteiger partial charge in [-0.25, -0.2) is 29.7 Å². The maximum atomic E-state index is 15.2. The summed E-state index contributed by atoms with van der Waals surface area (Å²) in [7, 11) is 0. The number of aliphatic hydroxyl groups is 8. The van der Waals surface area contributed by atoms with E-state index < -0.39 is 183 Å². The van der Waals surface area contributed by atoms with E-state index in [9.17, 15) is 74.4 Å². The van der Waals surface area contributed by atoms with Crippen LogP contribution in [0.1, 0.15) is 88.8 Å². The van der Waals surface area contributed by atoms with Crippen LogP contribution in [0.4, 0.5) is 10.6 Å². The average molecular weight is 1370 g/mol. The van der Waals surface area contributed by atoms with E-state index in [1.807, 2.05) is 0 Å². The van der Waals surface area contributed by atoms with Crippen molar-refractivity contribution in [3.63, 3.8) is 0 Å². The molecule has 0 aliphatic carbocycles. The highest BCUT2D eigenvalue weighted by Gasteiger charge is 2.54. The third-order valence-corrected chi connectivity index (χ3v) is 16.7. The number of aromatic nitrogens is 6. The first-order chi connectivity index (χ1) is 44.5. The molecule has 19 atom stereocenters. The number of aromatic amines is 1. The molecule has 2 saturated heterocycles. The SMILES string of the molecule is Cc1c(N)nc([C@@H](CC(N)=O)NC[C@@H](N)C(N)=O)nc1C(=O)N[C@H](C(=O)N[C@@H](C)[C@@H](O)[C@H](C)C(=O)N[C@@H](C(=O)NCCc1nc(-c2nc(C(=O)NCCCN)cs2)cs1)[C@H](C)O)[C@@H](O[C@H]1O[C@@H](CO)[C@@H](O)[C@@H](O)[C@@H]1O[C@@H]1O[C@H](CO)[C@@H](O)[C@H](OC(N)=O)[C@@H]1O)c1cnc[nH]1. The number of anilines is 1. The van der Waals surface area contributed by atoms with Crippen molar-refractivity contribution in [1.29, 1.82) is 0 Å². The van der Waals surface area contributed by atoms with Crippen LogP contribution < -0.4 is 66.3 Å². The zero-order valence-corrected chi connectivity index (χ0v) is 52.7. The fourth-order valence-corrected chi connectivity index (χ4v) is 11.2. The molecule has 0 unspecified atom stereocenters. The van der Waals surface area contributed by atoms with Gasteiger partial charge in [0, 0.05) is 48.8 Å². The molecule has 2 aliphatic heterocycles. The number of hydrogen-bond acceptors (Lipinski definition) is 32. The van der Waals surface area contributed by atoms with E-state index in [-0.39, 0.29) is 54.0 Å². The fraction of sp³-hybridized carbons (Fsp3) is 0.604. The minimum absolute atomic E-state index is 0.0147. The smallest absolute Gasteiger partial charge is 0.404 e.